The number of hydrogen-bond acceptors (Lipinski definition) is 4. The Balaban J connectivity index is 2.08. The number of rotatable bonds is 8. The molecule has 0 spiro atoms. The molecule has 1 aromatic rings. The second-order valence-corrected chi connectivity index (χ2v) is 7.26. The Morgan fingerprint density at radius 1 is 1.32 bits per heavy atom. The van der Waals surface area contributed by atoms with E-state index in [0.29, 0.717) is 5.92 Å². The van der Waals surface area contributed by atoms with E-state index in [1.807, 2.05) is 13.0 Å². The van der Waals surface area contributed by atoms with Crippen molar-refractivity contribution in [3.05, 3.63) is 32.6 Å². The van der Waals surface area contributed by atoms with Crippen molar-refractivity contribution in [1.29, 1.82) is 5.26 Å². The molecule has 1 aromatic heterocycles. The van der Waals surface area contributed by atoms with E-state index in [1.165, 1.54) is 10.8 Å². The molecule has 1 amide bonds. The molecule has 0 saturated heterocycles. The van der Waals surface area contributed by atoms with Crippen LogP contribution in [0.1, 0.15) is 64.5 Å². The number of hydrogen-bond donors (Lipinski definition) is 1. The average molecular weight is 346 g/mol. The van der Waals surface area contributed by atoms with Crippen molar-refractivity contribution in [3.63, 3.8) is 0 Å². The fourth-order valence-electron chi connectivity index (χ4n) is 2.82. The lowest BCUT2D eigenvalue weighted by atomic mass is 10.0. The van der Waals surface area contributed by atoms with Crippen LogP contribution in [-0.2, 0) is 11.3 Å². The third-order valence-electron chi connectivity index (χ3n) is 4.38. The summed E-state index contributed by atoms with van der Waals surface area (Å²) in [7, 11) is 0. The number of amides is 1. The van der Waals surface area contributed by atoms with Gasteiger partial charge in [-0.3, -0.25) is 14.2 Å². The van der Waals surface area contributed by atoms with Crippen LogP contribution < -0.4 is 16.6 Å². The summed E-state index contributed by atoms with van der Waals surface area (Å²) >= 11 is 0. The fraction of sp³-hybridized carbons (Fsp3) is 0.667. The van der Waals surface area contributed by atoms with Gasteiger partial charge in [-0.15, -0.1) is 0 Å². The van der Waals surface area contributed by atoms with Gasteiger partial charge in [-0.05, 0) is 32.1 Å². The summed E-state index contributed by atoms with van der Waals surface area (Å²) < 4.78 is 2.27. The van der Waals surface area contributed by atoms with Gasteiger partial charge >= 0.3 is 5.69 Å². The number of carbonyl (C=O) groups excluding carboxylic acids is 1. The van der Waals surface area contributed by atoms with E-state index in [-0.39, 0.29) is 30.1 Å². The van der Waals surface area contributed by atoms with Gasteiger partial charge < -0.3 is 5.32 Å². The van der Waals surface area contributed by atoms with Gasteiger partial charge in [-0.1, -0.05) is 26.7 Å². The molecule has 25 heavy (non-hydrogen) atoms. The molecule has 1 heterocycles. The first-order valence-electron chi connectivity index (χ1n) is 8.89. The van der Waals surface area contributed by atoms with Crippen LogP contribution in [0.25, 0.3) is 0 Å². The van der Waals surface area contributed by atoms with Gasteiger partial charge in [0, 0.05) is 18.3 Å². The summed E-state index contributed by atoms with van der Waals surface area (Å²) in [4.78, 5) is 36.9. The van der Waals surface area contributed by atoms with Crippen molar-refractivity contribution in [2.45, 2.75) is 71.5 Å². The largest absolute Gasteiger partial charge is 0.352 e. The predicted octanol–water partition coefficient (Wildman–Crippen LogP) is 1.55. The molecule has 0 aliphatic heterocycles. The van der Waals surface area contributed by atoms with Crippen molar-refractivity contribution in [1.82, 2.24) is 14.5 Å². The first-order valence-corrected chi connectivity index (χ1v) is 8.89. The number of carbonyl (C=O) groups is 1. The molecule has 0 radical (unpaired) electrons. The molecule has 7 nitrogen and oxygen atoms in total. The first kappa shape index (κ1) is 19.0. The van der Waals surface area contributed by atoms with Crippen LogP contribution >= 0.6 is 0 Å². The van der Waals surface area contributed by atoms with Crippen molar-refractivity contribution in [2.24, 2.45) is 5.92 Å². The van der Waals surface area contributed by atoms with Crippen LogP contribution in [-0.4, -0.2) is 21.1 Å². The third kappa shape index (κ3) is 5.05. The minimum Gasteiger partial charge on any atom is -0.352 e. The summed E-state index contributed by atoms with van der Waals surface area (Å²) in [6.07, 6.45) is 5.96. The molecule has 0 aromatic carbocycles. The average Bonchev–Trinajstić information content (AvgIpc) is 3.36. The smallest absolute Gasteiger partial charge is 0.331 e. The summed E-state index contributed by atoms with van der Waals surface area (Å²) in [5.74, 6) is 0.241. The van der Waals surface area contributed by atoms with Gasteiger partial charge in [0.1, 0.15) is 18.2 Å². The van der Waals surface area contributed by atoms with E-state index < -0.39 is 11.2 Å². The summed E-state index contributed by atoms with van der Waals surface area (Å²) in [5.41, 5.74) is -1.33. The van der Waals surface area contributed by atoms with Crippen LogP contribution in [0, 0.1) is 17.2 Å². The van der Waals surface area contributed by atoms with E-state index in [9.17, 15) is 14.4 Å². The van der Waals surface area contributed by atoms with E-state index in [0.717, 1.165) is 36.7 Å². The molecule has 1 atom stereocenters. The Bertz CT molecular complexity index is 781. The standard InChI is InChI=1S/C18H26N4O3/c1-12(2)5-4-6-13(3)20-16(23)11-22-17(24)14(9-19)10-21(18(22)25)15-7-8-15/h10,12-13,15H,4-8,11H2,1-3H3,(H,20,23). The number of nitrogens with zero attached hydrogens (tertiary/aromatic N) is 3. The van der Waals surface area contributed by atoms with E-state index in [1.54, 1.807) is 0 Å². The third-order valence-corrected chi connectivity index (χ3v) is 4.38. The molecule has 1 unspecified atom stereocenters. The topological polar surface area (TPSA) is 96.9 Å². The summed E-state index contributed by atoms with van der Waals surface area (Å²) in [5, 5.41) is 11.9. The van der Waals surface area contributed by atoms with Crippen LogP contribution in [0.15, 0.2) is 15.8 Å². The van der Waals surface area contributed by atoms with Crippen molar-refractivity contribution in [3.8, 4) is 6.07 Å². The van der Waals surface area contributed by atoms with Crippen LogP contribution in [0.5, 0.6) is 0 Å². The number of nitrogens with one attached hydrogen (secondary N) is 1. The van der Waals surface area contributed by atoms with Crippen molar-refractivity contribution < 1.29 is 4.79 Å². The van der Waals surface area contributed by atoms with Crippen molar-refractivity contribution >= 4 is 5.91 Å². The zero-order valence-corrected chi connectivity index (χ0v) is 15.1. The molecule has 1 saturated carbocycles. The Labute approximate surface area is 147 Å². The molecule has 0 bridgehead atoms. The molecule has 7 heteroatoms. The second kappa shape index (κ2) is 8.15. The Kier molecular flexibility index (Phi) is 6.18. The zero-order valence-electron chi connectivity index (χ0n) is 15.1. The van der Waals surface area contributed by atoms with E-state index in [4.69, 9.17) is 5.26 Å². The molecule has 1 N–H and O–H groups in total. The lowest BCUT2D eigenvalue weighted by Crippen LogP contribution is -2.45. The Morgan fingerprint density at radius 2 is 2.00 bits per heavy atom. The highest BCUT2D eigenvalue weighted by molar-refractivity contribution is 5.76. The normalized spacial score (nSPS) is 15.0. The minimum absolute atomic E-state index is 0.0215. The van der Waals surface area contributed by atoms with Crippen LogP contribution in [0.4, 0.5) is 0 Å². The van der Waals surface area contributed by atoms with Crippen LogP contribution in [0.2, 0.25) is 0 Å². The van der Waals surface area contributed by atoms with Gasteiger partial charge in [0.05, 0.1) is 0 Å². The maximum absolute atomic E-state index is 12.4. The minimum atomic E-state index is -0.702. The summed E-state index contributed by atoms with van der Waals surface area (Å²) in [6, 6.07) is 1.82. The van der Waals surface area contributed by atoms with Crippen molar-refractivity contribution in [2.75, 3.05) is 0 Å². The lowest BCUT2D eigenvalue weighted by molar-refractivity contribution is -0.122. The number of nitriles is 1. The summed E-state index contributed by atoms with van der Waals surface area (Å²) in [6.45, 7) is 5.87. The molecule has 2 rings (SSSR count). The molecule has 1 fully saturated rings. The Hall–Kier alpha value is -2.36. The first-order chi connectivity index (χ1) is 11.8. The highest BCUT2D eigenvalue weighted by Gasteiger charge is 2.27. The van der Waals surface area contributed by atoms with Gasteiger partial charge in [0.2, 0.25) is 5.91 Å². The quantitative estimate of drug-likeness (QED) is 0.772. The molecular formula is C18H26N4O3. The lowest BCUT2D eigenvalue weighted by Gasteiger charge is -2.15. The highest BCUT2D eigenvalue weighted by atomic mass is 16.2. The van der Waals surface area contributed by atoms with E-state index in [2.05, 4.69) is 19.2 Å². The van der Waals surface area contributed by atoms with Gasteiger partial charge in [-0.25, -0.2) is 9.36 Å². The molecule has 136 valence electrons. The van der Waals surface area contributed by atoms with E-state index >= 15 is 0 Å². The van der Waals surface area contributed by atoms with Gasteiger partial charge in [0.25, 0.3) is 5.56 Å². The maximum atomic E-state index is 12.4. The SMILES string of the molecule is CC(C)CCCC(C)NC(=O)Cn1c(=O)c(C#N)cn(C2CC2)c1=O. The maximum Gasteiger partial charge on any atom is 0.331 e. The number of aromatic nitrogens is 2. The van der Waals surface area contributed by atoms with Gasteiger partial charge in [-0.2, -0.15) is 5.26 Å². The molecular weight excluding hydrogens is 320 g/mol. The van der Waals surface area contributed by atoms with Crippen LogP contribution in [0.3, 0.4) is 0 Å². The monoisotopic (exact) mass is 346 g/mol. The molecule has 1 aliphatic rings. The predicted molar refractivity (Wildman–Crippen MR) is 94.2 cm³/mol. The Morgan fingerprint density at radius 3 is 2.56 bits per heavy atom. The fourth-order valence-corrected chi connectivity index (χ4v) is 2.82. The van der Waals surface area contributed by atoms with Gasteiger partial charge in [0.15, 0.2) is 0 Å². The highest BCUT2D eigenvalue weighted by Crippen LogP contribution is 2.33. The zero-order chi connectivity index (χ0) is 18.6. The second-order valence-electron chi connectivity index (χ2n) is 7.26. The molecule has 1 aliphatic carbocycles.